The maximum Gasteiger partial charge on any atom is 0.295 e. The molecule has 1 N–H and O–H groups in total. The lowest BCUT2D eigenvalue weighted by Gasteiger charge is -2.14. The molecule has 0 aliphatic rings. The molecule has 0 radical (unpaired) electrons. The first-order valence-corrected chi connectivity index (χ1v) is 4.49. The summed E-state index contributed by atoms with van der Waals surface area (Å²) in [6.45, 7) is 2.96. The third-order valence-electron chi connectivity index (χ3n) is 1.94. The third-order valence-corrected chi connectivity index (χ3v) is 1.94. The van der Waals surface area contributed by atoms with Crippen molar-refractivity contribution < 1.29 is 13.9 Å². The molecule has 0 bridgehead atoms. The van der Waals surface area contributed by atoms with Crippen molar-refractivity contribution in [2.24, 2.45) is 0 Å². The Morgan fingerprint density at radius 1 is 1.27 bits per heavy atom. The van der Waals surface area contributed by atoms with Gasteiger partial charge in [-0.05, 0) is 17.7 Å². The molecule has 0 aliphatic heterocycles. The predicted molar refractivity (Wildman–Crippen MR) is 56.6 cm³/mol. The summed E-state index contributed by atoms with van der Waals surface area (Å²) in [5.74, 6) is -3.29. The van der Waals surface area contributed by atoms with E-state index in [2.05, 4.69) is 6.58 Å². The molecule has 0 amide bonds. The molecule has 1 nitrogen and oxygen atoms in total. The minimum absolute atomic E-state index is 0.438. The second kappa shape index (κ2) is 4.84. The SMILES string of the molecule is C=CC(F)(F)C(O)C=Cc1ccccc1. The Balaban J connectivity index is 2.70. The summed E-state index contributed by atoms with van der Waals surface area (Å²) in [7, 11) is 0. The summed E-state index contributed by atoms with van der Waals surface area (Å²) in [5.41, 5.74) is 0.761. The molecule has 1 atom stereocenters. The minimum Gasteiger partial charge on any atom is -0.382 e. The van der Waals surface area contributed by atoms with Crippen LogP contribution in [-0.4, -0.2) is 17.1 Å². The van der Waals surface area contributed by atoms with Gasteiger partial charge in [-0.25, -0.2) is 0 Å². The largest absolute Gasteiger partial charge is 0.382 e. The molecule has 1 aromatic carbocycles. The van der Waals surface area contributed by atoms with Gasteiger partial charge in [-0.1, -0.05) is 43.0 Å². The first-order valence-electron chi connectivity index (χ1n) is 4.49. The molecule has 0 spiro atoms. The van der Waals surface area contributed by atoms with Gasteiger partial charge in [0, 0.05) is 0 Å². The summed E-state index contributed by atoms with van der Waals surface area (Å²) >= 11 is 0. The molecule has 0 heterocycles. The van der Waals surface area contributed by atoms with Crippen molar-refractivity contribution in [2.75, 3.05) is 0 Å². The summed E-state index contributed by atoms with van der Waals surface area (Å²) in [6, 6.07) is 8.92. The average molecular weight is 210 g/mol. The van der Waals surface area contributed by atoms with Crippen LogP contribution in [0.15, 0.2) is 49.1 Å². The van der Waals surface area contributed by atoms with Crippen LogP contribution in [0.1, 0.15) is 5.56 Å². The van der Waals surface area contributed by atoms with Crippen molar-refractivity contribution in [3.8, 4) is 0 Å². The van der Waals surface area contributed by atoms with Gasteiger partial charge in [-0.3, -0.25) is 0 Å². The van der Waals surface area contributed by atoms with Crippen LogP contribution in [0.25, 0.3) is 6.08 Å². The van der Waals surface area contributed by atoms with Gasteiger partial charge in [0.15, 0.2) is 0 Å². The fraction of sp³-hybridized carbons (Fsp3) is 0.167. The smallest absolute Gasteiger partial charge is 0.295 e. The highest BCUT2D eigenvalue weighted by atomic mass is 19.3. The van der Waals surface area contributed by atoms with Crippen LogP contribution in [0, 0.1) is 0 Å². The Morgan fingerprint density at radius 3 is 2.40 bits per heavy atom. The van der Waals surface area contributed by atoms with Gasteiger partial charge < -0.3 is 5.11 Å². The van der Waals surface area contributed by atoms with Gasteiger partial charge in [-0.15, -0.1) is 0 Å². The van der Waals surface area contributed by atoms with Gasteiger partial charge in [0.25, 0.3) is 5.92 Å². The van der Waals surface area contributed by atoms with E-state index in [0.717, 1.165) is 11.6 Å². The van der Waals surface area contributed by atoms with Crippen LogP contribution in [0.5, 0.6) is 0 Å². The molecule has 0 fully saturated rings. The van der Waals surface area contributed by atoms with Crippen molar-refractivity contribution in [3.63, 3.8) is 0 Å². The van der Waals surface area contributed by atoms with Crippen molar-refractivity contribution in [3.05, 3.63) is 54.6 Å². The Morgan fingerprint density at radius 2 is 1.87 bits per heavy atom. The highest BCUT2D eigenvalue weighted by molar-refractivity contribution is 5.49. The zero-order valence-electron chi connectivity index (χ0n) is 8.11. The molecule has 0 aromatic heterocycles. The molecular weight excluding hydrogens is 198 g/mol. The lowest BCUT2D eigenvalue weighted by atomic mass is 10.1. The van der Waals surface area contributed by atoms with Crippen LogP contribution in [0.2, 0.25) is 0 Å². The fourth-order valence-corrected chi connectivity index (χ4v) is 1.02. The maximum absolute atomic E-state index is 12.8. The number of hydrogen-bond donors (Lipinski definition) is 1. The zero-order chi connectivity index (χ0) is 11.3. The van der Waals surface area contributed by atoms with Crippen LogP contribution < -0.4 is 0 Å². The lowest BCUT2D eigenvalue weighted by molar-refractivity contribution is -0.0443. The molecular formula is C12H12F2O. The summed E-state index contributed by atoms with van der Waals surface area (Å²) in [5, 5.41) is 9.13. The summed E-state index contributed by atoms with van der Waals surface area (Å²) < 4.78 is 25.7. The number of halogens is 2. The van der Waals surface area contributed by atoms with E-state index in [9.17, 15) is 8.78 Å². The quantitative estimate of drug-likeness (QED) is 0.757. The Kier molecular flexibility index (Phi) is 3.74. The summed E-state index contributed by atoms with van der Waals surface area (Å²) in [6.07, 6.45) is 1.10. The molecule has 1 unspecified atom stereocenters. The lowest BCUT2D eigenvalue weighted by Crippen LogP contribution is -2.28. The van der Waals surface area contributed by atoms with Crippen molar-refractivity contribution >= 4 is 6.08 Å². The van der Waals surface area contributed by atoms with Crippen molar-refractivity contribution in [1.29, 1.82) is 0 Å². The number of alkyl halides is 2. The van der Waals surface area contributed by atoms with E-state index < -0.39 is 12.0 Å². The monoisotopic (exact) mass is 210 g/mol. The molecule has 80 valence electrons. The summed E-state index contributed by atoms with van der Waals surface area (Å²) in [4.78, 5) is 0. The predicted octanol–water partition coefficient (Wildman–Crippen LogP) is 2.88. The highest BCUT2D eigenvalue weighted by Crippen LogP contribution is 2.21. The third kappa shape index (κ3) is 3.29. The van der Waals surface area contributed by atoms with Crippen molar-refractivity contribution in [2.45, 2.75) is 12.0 Å². The van der Waals surface area contributed by atoms with Gasteiger partial charge in [0.1, 0.15) is 6.10 Å². The number of benzene rings is 1. The van der Waals surface area contributed by atoms with E-state index in [-0.39, 0.29) is 0 Å². The van der Waals surface area contributed by atoms with Crippen LogP contribution in [-0.2, 0) is 0 Å². The molecule has 3 heteroatoms. The molecule has 1 rings (SSSR count). The average Bonchev–Trinajstić information content (AvgIpc) is 2.27. The number of hydrogen-bond acceptors (Lipinski definition) is 1. The van der Waals surface area contributed by atoms with Gasteiger partial charge in [0.2, 0.25) is 0 Å². The minimum atomic E-state index is -3.29. The molecule has 15 heavy (non-hydrogen) atoms. The normalized spacial score (nSPS) is 14.1. The molecule has 1 aromatic rings. The van der Waals surface area contributed by atoms with Crippen LogP contribution >= 0.6 is 0 Å². The van der Waals surface area contributed by atoms with E-state index in [0.29, 0.717) is 6.08 Å². The topological polar surface area (TPSA) is 20.2 Å². The number of aliphatic hydroxyl groups excluding tert-OH is 1. The van der Waals surface area contributed by atoms with E-state index in [1.807, 2.05) is 6.07 Å². The Hall–Kier alpha value is -1.48. The highest BCUT2D eigenvalue weighted by Gasteiger charge is 2.32. The number of rotatable bonds is 4. The van der Waals surface area contributed by atoms with Crippen LogP contribution in [0.3, 0.4) is 0 Å². The Labute approximate surface area is 87.4 Å². The zero-order valence-corrected chi connectivity index (χ0v) is 8.11. The standard InChI is InChI=1S/C12H12F2O/c1-2-12(13,14)11(15)9-8-10-6-4-3-5-7-10/h2-9,11,15H,1H2. The van der Waals surface area contributed by atoms with Crippen molar-refractivity contribution in [1.82, 2.24) is 0 Å². The molecule has 0 saturated heterocycles. The van der Waals surface area contributed by atoms with E-state index in [1.165, 1.54) is 6.08 Å². The van der Waals surface area contributed by atoms with E-state index >= 15 is 0 Å². The Bertz CT molecular complexity index is 344. The fourth-order valence-electron chi connectivity index (χ4n) is 1.02. The van der Waals surface area contributed by atoms with E-state index in [1.54, 1.807) is 24.3 Å². The second-order valence-electron chi connectivity index (χ2n) is 3.09. The van der Waals surface area contributed by atoms with Gasteiger partial charge >= 0.3 is 0 Å². The van der Waals surface area contributed by atoms with Gasteiger partial charge in [-0.2, -0.15) is 8.78 Å². The first-order chi connectivity index (χ1) is 7.06. The molecule has 0 aliphatic carbocycles. The first kappa shape index (κ1) is 11.6. The van der Waals surface area contributed by atoms with Crippen LogP contribution in [0.4, 0.5) is 8.78 Å². The molecule has 0 saturated carbocycles. The van der Waals surface area contributed by atoms with E-state index in [4.69, 9.17) is 5.11 Å². The second-order valence-corrected chi connectivity index (χ2v) is 3.09. The van der Waals surface area contributed by atoms with Gasteiger partial charge in [0.05, 0.1) is 0 Å². The maximum atomic E-state index is 12.8. The number of aliphatic hydroxyl groups is 1.